The summed E-state index contributed by atoms with van der Waals surface area (Å²) in [4.78, 5) is 14.8. The van der Waals surface area contributed by atoms with Crippen LogP contribution in [0.2, 0.25) is 0 Å². The number of rotatable bonds is 3. The number of nitrogens with zero attached hydrogens (tertiary/aromatic N) is 1. The maximum atomic E-state index is 12.5. The van der Waals surface area contributed by atoms with Crippen LogP contribution in [0.15, 0.2) is 48.5 Å². The highest BCUT2D eigenvalue weighted by molar-refractivity contribution is 5.98. The molecule has 2 aliphatic rings. The van der Waals surface area contributed by atoms with Gasteiger partial charge in [0.2, 0.25) is 0 Å². The molecule has 25 heavy (non-hydrogen) atoms. The van der Waals surface area contributed by atoms with Crippen molar-refractivity contribution < 1.29 is 14.3 Å². The Morgan fingerprint density at radius 2 is 2.00 bits per heavy atom. The Bertz CT molecular complexity index is 775. The van der Waals surface area contributed by atoms with Gasteiger partial charge in [-0.2, -0.15) is 0 Å². The summed E-state index contributed by atoms with van der Waals surface area (Å²) >= 11 is 0. The number of benzene rings is 2. The topological polar surface area (TPSA) is 50.8 Å². The van der Waals surface area contributed by atoms with E-state index in [0.29, 0.717) is 17.9 Å². The molecule has 1 saturated heterocycles. The van der Waals surface area contributed by atoms with Crippen LogP contribution in [-0.4, -0.2) is 36.7 Å². The number of hydrogen-bond donors (Lipinski definition) is 1. The van der Waals surface area contributed by atoms with E-state index >= 15 is 0 Å². The standard InChI is InChI=1S/C20H22N2O3/c1-24-16-9-7-15(8-10-16)13-22-12-4-11-20(14-22)21-19(23)17-5-2-3-6-18(17)25-20/h2-3,5-10H,4,11-14H2,1H3,(H,21,23). The van der Waals surface area contributed by atoms with Gasteiger partial charge in [-0.3, -0.25) is 9.69 Å². The van der Waals surface area contributed by atoms with Crippen LogP contribution in [0.3, 0.4) is 0 Å². The lowest BCUT2D eigenvalue weighted by atomic mass is 9.97. The Kier molecular flexibility index (Phi) is 4.09. The van der Waals surface area contributed by atoms with Gasteiger partial charge >= 0.3 is 0 Å². The van der Waals surface area contributed by atoms with Crippen LogP contribution in [0, 0.1) is 0 Å². The first-order chi connectivity index (χ1) is 12.2. The van der Waals surface area contributed by atoms with E-state index in [0.717, 1.165) is 31.7 Å². The molecule has 1 amide bonds. The largest absolute Gasteiger partial charge is 0.497 e. The Morgan fingerprint density at radius 3 is 2.80 bits per heavy atom. The SMILES string of the molecule is COc1ccc(CN2CCCC3(C2)NC(=O)c2ccccc2O3)cc1. The predicted molar refractivity (Wildman–Crippen MR) is 94.8 cm³/mol. The summed E-state index contributed by atoms with van der Waals surface area (Å²) in [6.07, 6.45) is 1.81. The molecule has 2 aliphatic heterocycles. The molecule has 4 rings (SSSR count). The molecule has 0 aromatic heterocycles. The van der Waals surface area contributed by atoms with Crippen molar-refractivity contribution in [3.8, 4) is 11.5 Å². The molecule has 1 fully saturated rings. The van der Waals surface area contributed by atoms with E-state index in [1.54, 1.807) is 13.2 Å². The molecule has 0 bridgehead atoms. The zero-order valence-corrected chi connectivity index (χ0v) is 14.3. The molecule has 1 spiro atoms. The van der Waals surface area contributed by atoms with Crippen LogP contribution in [0.25, 0.3) is 0 Å². The average molecular weight is 338 g/mol. The zero-order chi connectivity index (χ0) is 17.3. The Morgan fingerprint density at radius 1 is 1.20 bits per heavy atom. The number of ether oxygens (including phenoxy) is 2. The predicted octanol–water partition coefficient (Wildman–Crippen LogP) is 2.81. The quantitative estimate of drug-likeness (QED) is 0.935. The summed E-state index contributed by atoms with van der Waals surface area (Å²) in [6.45, 7) is 2.50. The van der Waals surface area contributed by atoms with Crippen molar-refractivity contribution in [3.63, 3.8) is 0 Å². The van der Waals surface area contributed by atoms with Crippen molar-refractivity contribution in [1.29, 1.82) is 0 Å². The van der Waals surface area contributed by atoms with Crippen LogP contribution in [0.5, 0.6) is 11.5 Å². The molecule has 0 saturated carbocycles. The fourth-order valence-electron chi connectivity index (χ4n) is 3.67. The van der Waals surface area contributed by atoms with Crippen molar-refractivity contribution in [1.82, 2.24) is 10.2 Å². The molecule has 0 radical (unpaired) electrons. The number of fused-ring (bicyclic) bond motifs is 1. The molecule has 5 heteroatoms. The van der Waals surface area contributed by atoms with Gasteiger partial charge < -0.3 is 14.8 Å². The molecule has 1 unspecified atom stereocenters. The van der Waals surface area contributed by atoms with Crippen LogP contribution in [-0.2, 0) is 6.54 Å². The second-order valence-electron chi connectivity index (χ2n) is 6.71. The van der Waals surface area contributed by atoms with E-state index in [4.69, 9.17) is 9.47 Å². The number of methoxy groups -OCH3 is 1. The van der Waals surface area contributed by atoms with Gasteiger partial charge in [0, 0.05) is 13.0 Å². The van der Waals surface area contributed by atoms with Crippen LogP contribution in [0.1, 0.15) is 28.8 Å². The Labute approximate surface area is 147 Å². The van der Waals surface area contributed by atoms with Crippen molar-refractivity contribution in [3.05, 3.63) is 59.7 Å². The molecule has 130 valence electrons. The van der Waals surface area contributed by atoms with Gasteiger partial charge in [-0.25, -0.2) is 0 Å². The van der Waals surface area contributed by atoms with Crippen LogP contribution in [0.4, 0.5) is 0 Å². The lowest BCUT2D eigenvalue weighted by Crippen LogP contribution is -2.63. The number of carbonyl (C=O) groups is 1. The monoisotopic (exact) mass is 338 g/mol. The molecule has 2 aromatic carbocycles. The van der Waals surface area contributed by atoms with Gasteiger partial charge in [-0.15, -0.1) is 0 Å². The highest BCUT2D eigenvalue weighted by Gasteiger charge is 2.43. The molecular weight excluding hydrogens is 316 g/mol. The molecule has 0 aliphatic carbocycles. The summed E-state index contributed by atoms with van der Waals surface area (Å²) < 4.78 is 11.5. The second-order valence-corrected chi connectivity index (χ2v) is 6.71. The minimum Gasteiger partial charge on any atom is -0.497 e. The number of amides is 1. The Balaban J connectivity index is 1.50. The van der Waals surface area contributed by atoms with Crippen LogP contribution < -0.4 is 14.8 Å². The summed E-state index contributed by atoms with van der Waals surface area (Å²) in [5.41, 5.74) is 1.21. The summed E-state index contributed by atoms with van der Waals surface area (Å²) in [5, 5.41) is 3.10. The third kappa shape index (κ3) is 3.20. The fourth-order valence-corrected chi connectivity index (χ4v) is 3.67. The highest BCUT2D eigenvalue weighted by Crippen LogP contribution is 2.33. The molecular formula is C20H22N2O3. The van der Waals surface area contributed by atoms with Gasteiger partial charge in [-0.05, 0) is 42.8 Å². The van der Waals surface area contributed by atoms with Crippen molar-refractivity contribution in [2.24, 2.45) is 0 Å². The number of nitrogens with one attached hydrogen (secondary N) is 1. The van der Waals surface area contributed by atoms with Gasteiger partial charge in [0.05, 0.1) is 19.2 Å². The van der Waals surface area contributed by atoms with Gasteiger partial charge in [0.1, 0.15) is 11.5 Å². The number of para-hydroxylation sites is 1. The number of hydrogen-bond acceptors (Lipinski definition) is 4. The van der Waals surface area contributed by atoms with Crippen molar-refractivity contribution in [2.75, 3.05) is 20.2 Å². The first-order valence-electron chi connectivity index (χ1n) is 8.63. The maximum absolute atomic E-state index is 12.5. The Hall–Kier alpha value is -2.53. The normalized spacial score (nSPS) is 22.8. The molecule has 5 nitrogen and oxygen atoms in total. The zero-order valence-electron chi connectivity index (χ0n) is 14.3. The first kappa shape index (κ1) is 16.0. The molecule has 2 aromatic rings. The van der Waals surface area contributed by atoms with Gasteiger partial charge in [-0.1, -0.05) is 24.3 Å². The molecule has 2 heterocycles. The first-order valence-corrected chi connectivity index (χ1v) is 8.63. The third-order valence-electron chi connectivity index (χ3n) is 4.88. The second kappa shape index (κ2) is 6.41. The maximum Gasteiger partial charge on any atom is 0.258 e. The number of carbonyl (C=O) groups excluding carboxylic acids is 1. The van der Waals surface area contributed by atoms with Crippen molar-refractivity contribution >= 4 is 5.91 Å². The van der Waals surface area contributed by atoms with Crippen LogP contribution >= 0.6 is 0 Å². The summed E-state index contributed by atoms with van der Waals surface area (Å²) in [7, 11) is 1.67. The average Bonchev–Trinajstić information content (AvgIpc) is 2.62. The molecule has 1 atom stereocenters. The molecule has 1 N–H and O–H groups in total. The van der Waals surface area contributed by atoms with E-state index < -0.39 is 5.72 Å². The smallest absolute Gasteiger partial charge is 0.258 e. The lowest BCUT2D eigenvalue weighted by Gasteiger charge is -2.45. The minimum atomic E-state index is -0.629. The van der Waals surface area contributed by atoms with E-state index in [2.05, 4.69) is 22.3 Å². The minimum absolute atomic E-state index is 0.0480. The van der Waals surface area contributed by atoms with E-state index in [1.165, 1.54) is 5.56 Å². The van der Waals surface area contributed by atoms with E-state index in [9.17, 15) is 4.79 Å². The van der Waals surface area contributed by atoms with Gasteiger partial charge in [0.25, 0.3) is 5.91 Å². The highest BCUT2D eigenvalue weighted by atomic mass is 16.5. The van der Waals surface area contributed by atoms with Gasteiger partial charge in [0.15, 0.2) is 5.72 Å². The lowest BCUT2D eigenvalue weighted by molar-refractivity contribution is -0.0393. The number of likely N-dealkylation sites (tertiary alicyclic amines) is 1. The van der Waals surface area contributed by atoms with Crippen molar-refractivity contribution in [2.45, 2.75) is 25.1 Å². The fraction of sp³-hybridized carbons (Fsp3) is 0.350. The van der Waals surface area contributed by atoms with E-state index in [1.807, 2.05) is 30.3 Å². The number of piperidine rings is 1. The van der Waals surface area contributed by atoms with E-state index in [-0.39, 0.29) is 5.91 Å². The summed E-state index contributed by atoms with van der Waals surface area (Å²) in [5.74, 6) is 1.49. The third-order valence-corrected chi connectivity index (χ3v) is 4.88. The summed E-state index contributed by atoms with van der Waals surface area (Å²) in [6, 6.07) is 15.5.